The van der Waals surface area contributed by atoms with Crippen LogP contribution in [-0.4, -0.2) is 19.7 Å². The highest BCUT2D eigenvalue weighted by Gasteiger charge is 2.16. The first kappa shape index (κ1) is 17.3. The van der Waals surface area contributed by atoms with Crippen molar-refractivity contribution >= 4 is 12.4 Å². The molecule has 1 atom stereocenters. The maximum absolute atomic E-state index is 6.00. The van der Waals surface area contributed by atoms with E-state index < -0.39 is 0 Å². The van der Waals surface area contributed by atoms with Crippen LogP contribution in [-0.2, 0) is 5.41 Å². The normalized spacial score (nSPS) is 19.3. The minimum atomic E-state index is 0. The van der Waals surface area contributed by atoms with E-state index in [1.807, 2.05) is 0 Å². The molecule has 1 N–H and O–H groups in total. The number of benzene rings is 1. The Balaban J connectivity index is 0.00000200. The Labute approximate surface area is 129 Å². The Bertz CT molecular complexity index is 419. The maximum Gasteiger partial charge on any atom is 0.122 e. The van der Waals surface area contributed by atoms with Crippen molar-refractivity contribution in [2.24, 2.45) is 5.92 Å². The van der Waals surface area contributed by atoms with Gasteiger partial charge in [-0.1, -0.05) is 32.9 Å². The minimum absolute atomic E-state index is 0. The number of aryl methyl sites for hydroxylation is 1. The molecule has 1 saturated heterocycles. The lowest BCUT2D eigenvalue weighted by Gasteiger charge is -2.24. The van der Waals surface area contributed by atoms with E-state index in [1.54, 1.807) is 0 Å². The van der Waals surface area contributed by atoms with Crippen LogP contribution < -0.4 is 10.1 Å². The first-order valence-electron chi connectivity index (χ1n) is 7.41. The van der Waals surface area contributed by atoms with Crippen molar-refractivity contribution in [2.75, 3.05) is 19.7 Å². The van der Waals surface area contributed by atoms with Gasteiger partial charge in [0, 0.05) is 12.5 Å². The second-order valence-electron chi connectivity index (χ2n) is 6.75. The molecule has 1 fully saturated rings. The molecule has 0 amide bonds. The van der Waals surface area contributed by atoms with Crippen molar-refractivity contribution in [1.82, 2.24) is 5.32 Å². The standard InChI is InChI=1S/C17H27NO.ClH/c1-13-10-15(17(2,3)4)7-8-16(13)19-12-14-6-5-9-18-11-14;/h7-8,10,14,18H,5-6,9,11-12H2,1-4H3;1H. The summed E-state index contributed by atoms with van der Waals surface area (Å²) in [7, 11) is 0. The molecule has 0 saturated carbocycles. The fourth-order valence-corrected chi connectivity index (χ4v) is 2.55. The van der Waals surface area contributed by atoms with Crippen LogP contribution in [0.1, 0.15) is 44.7 Å². The van der Waals surface area contributed by atoms with Crippen molar-refractivity contribution in [1.29, 1.82) is 0 Å². The summed E-state index contributed by atoms with van der Waals surface area (Å²) in [5, 5.41) is 3.43. The molecule has 1 aromatic rings. The van der Waals surface area contributed by atoms with Crippen molar-refractivity contribution < 1.29 is 4.74 Å². The molecule has 3 heteroatoms. The second kappa shape index (κ2) is 7.33. The van der Waals surface area contributed by atoms with Gasteiger partial charge in [0.25, 0.3) is 0 Å². The van der Waals surface area contributed by atoms with Crippen LogP contribution in [0.3, 0.4) is 0 Å². The molecule has 0 aliphatic carbocycles. The highest BCUT2D eigenvalue weighted by molar-refractivity contribution is 5.85. The van der Waals surface area contributed by atoms with Crippen LogP contribution in [0.4, 0.5) is 0 Å². The lowest BCUT2D eigenvalue weighted by atomic mass is 9.86. The van der Waals surface area contributed by atoms with Crippen LogP contribution >= 0.6 is 12.4 Å². The highest BCUT2D eigenvalue weighted by atomic mass is 35.5. The molecule has 1 heterocycles. The van der Waals surface area contributed by atoms with Gasteiger partial charge in [0.1, 0.15) is 5.75 Å². The van der Waals surface area contributed by atoms with Gasteiger partial charge in [0.2, 0.25) is 0 Å². The van der Waals surface area contributed by atoms with Gasteiger partial charge in [-0.2, -0.15) is 0 Å². The summed E-state index contributed by atoms with van der Waals surface area (Å²) in [5.41, 5.74) is 2.82. The molecular formula is C17H28ClNO. The van der Waals surface area contributed by atoms with Gasteiger partial charge >= 0.3 is 0 Å². The Morgan fingerprint density at radius 2 is 2.05 bits per heavy atom. The molecule has 1 unspecified atom stereocenters. The predicted molar refractivity (Wildman–Crippen MR) is 88.2 cm³/mol. The van der Waals surface area contributed by atoms with Gasteiger partial charge in [-0.3, -0.25) is 0 Å². The number of nitrogens with one attached hydrogen (secondary N) is 1. The molecule has 20 heavy (non-hydrogen) atoms. The van der Waals surface area contributed by atoms with Crippen LogP contribution in [0.15, 0.2) is 18.2 Å². The van der Waals surface area contributed by atoms with E-state index in [-0.39, 0.29) is 17.8 Å². The van der Waals surface area contributed by atoms with E-state index >= 15 is 0 Å². The van der Waals surface area contributed by atoms with Crippen LogP contribution in [0.25, 0.3) is 0 Å². The third-order valence-electron chi connectivity index (χ3n) is 3.91. The van der Waals surface area contributed by atoms with Crippen molar-refractivity contribution in [3.05, 3.63) is 29.3 Å². The molecular weight excluding hydrogens is 270 g/mol. The molecule has 0 bridgehead atoms. The average Bonchev–Trinajstić information content (AvgIpc) is 2.37. The first-order chi connectivity index (χ1) is 8.97. The molecule has 114 valence electrons. The smallest absolute Gasteiger partial charge is 0.122 e. The fourth-order valence-electron chi connectivity index (χ4n) is 2.55. The van der Waals surface area contributed by atoms with Gasteiger partial charge < -0.3 is 10.1 Å². The molecule has 0 aromatic heterocycles. The van der Waals surface area contributed by atoms with E-state index in [0.717, 1.165) is 25.4 Å². The number of ether oxygens (including phenoxy) is 1. The van der Waals surface area contributed by atoms with E-state index in [4.69, 9.17) is 4.74 Å². The summed E-state index contributed by atoms with van der Waals surface area (Å²) in [4.78, 5) is 0. The zero-order valence-electron chi connectivity index (χ0n) is 13.2. The summed E-state index contributed by atoms with van der Waals surface area (Å²) >= 11 is 0. The summed E-state index contributed by atoms with van der Waals surface area (Å²) in [6.07, 6.45) is 2.56. The van der Waals surface area contributed by atoms with Crippen molar-refractivity contribution in [2.45, 2.75) is 46.0 Å². The Morgan fingerprint density at radius 3 is 2.60 bits per heavy atom. The second-order valence-corrected chi connectivity index (χ2v) is 6.75. The van der Waals surface area contributed by atoms with Gasteiger partial charge in [0.15, 0.2) is 0 Å². The van der Waals surface area contributed by atoms with Crippen LogP contribution in [0.2, 0.25) is 0 Å². The van der Waals surface area contributed by atoms with Crippen LogP contribution in [0.5, 0.6) is 5.75 Å². The van der Waals surface area contributed by atoms with Gasteiger partial charge in [0.05, 0.1) is 6.61 Å². The zero-order chi connectivity index (χ0) is 13.9. The molecule has 2 nitrogen and oxygen atoms in total. The number of hydrogen-bond donors (Lipinski definition) is 1. The van der Waals surface area contributed by atoms with Crippen LogP contribution in [0, 0.1) is 12.8 Å². The minimum Gasteiger partial charge on any atom is -0.493 e. The SMILES string of the molecule is Cc1cc(C(C)(C)C)ccc1OCC1CCCNC1.Cl. The number of piperidine rings is 1. The van der Waals surface area contributed by atoms with Gasteiger partial charge in [-0.15, -0.1) is 12.4 Å². The van der Waals surface area contributed by atoms with E-state index in [1.165, 1.54) is 24.0 Å². The topological polar surface area (TPSA) is 21.3 Å². The van der Waals surface area contributed by atoms with Gasteiger partial charge in [-0.05, 0) is 48.9 Å². The Hall–Kier alpha value is -0.730. The number of halogens is 1. The van der Waals surface area contributed by atoms with E-state index in [0.29, 0.717) is 5.92 Å². The average molecular weight is 298 g/mol. The third-order valence-corrected chi connectivity index (χ3v) is 3.91. The first-order valence-corrected chi connectivity index (χ1v) is 7.41. The predicted octanol–water partition coefficient (Wildman–Crippen LogP) is 4.09. The monoisotopic (exact) mass is 297 g/mol. The van der Waals surface area contributed by atoms with Crippen molar-refractivity contribution in [3.63, 3.8) is 0 Å². The maximum atomic E-state index is 6.00. The fraction of sp³-hybridized carbons (Fsp3) is 0.647. The number of hydrogen-bond acceptors (Lipinski definition) is 2. The summed E-state index contributed by atoms with van der Waals surface area (Å²) in [5.74, 6) is 1.70. The lowest BCUT2D eigenvalue weighted by Crippen LogP contribution is -2.33. The molecule has 1 aliphatic heterocycles. The Kier molecular flexibility index (Phi) is 6.35. The lowest BCUT2D eigenvalue weighted by molar-refractivity contribution is 0.217. The summed E-state index contributed by atoms with van der Waals surface area (Å²) < 4.78 is 6.00. The molecule has 2 rings (SSSR count). The molecule has 0 spiro atoms. The molecule has 1 aliphatic rings. The quantitative estimate of drug-likeness (QED) is 0.907. The number of rotatable bonds is 3. The largest absolute Gasteiger partial charge is 0.493 e. The van der Waals surface area contributed by atoms with Crippen molar-refractivity contribution in [3.8, 4) is 5.75 Å². The highest BCUT2D eigenvalue weighted by Crippen LogP contribution is 2.28. The third kappa shape index (κ3) is 4.68. The Morgan fingerprint density at radius 1 is 1.30 bits per heavy atom. The zero-order valence-corrected chi connectivity index (χ0v) is 14.0. The van der Waals surface area contributed by atoms with E-state index in [9.17, 15) is 0 Å². The van der Waals surface area contributed by atoms with E-state index in [2.05, 4.69) is 51.2 Å². The summed E-state index contributed by atoms with van der Waals surface area (Å²) in [6, 6.07) is 6.59. The summed E-state index contributed by atoms with van der Waals surface area (Å²) in [6.45, 7) is 12.0. The molecule has 0 radical (unpaired) electrons. The molecule has 1 aromatic carbocycles. The van der Waals surface area contributed by atoms with Gasteiger partial charge in [-0.25, -0.2) is 0 Å².